The molecular formula is C66H71N. The number of hydrogen-bond acceptors (Lipinski definition) is 1. The van der Waals surface area contributed by atoms with Crippen LogP contribution in [0.2, 0.25) is 0 Å². The Balaban J connectivity index is 1.03. The third-order valence-corrected chi connectivity index (χ3v) is 15.7. The van der Waals surface area contributed by atoms with E-state index in [0.717, 1.165) is 83.5 Å². The number of allylic oxidation sites excluding steroid dienone is 19. The highest BCUT2D eigenvalue weighted by Gasteiger charge is 2.29. The maximum absolute atomic E-state index is 4.07. The predicted molar refractivity (Wildman–Crippen MR) is 294 cm³/mol. The summed E-state index contributed by atoms with van der Waals surface area (Å²) >= 11 is 0. The van der Waals surface area contributed by atoms with Gasteiger partial charge in [0.2, 0.25) is 0 Å². The monoisotopic (exact) mass is 878 g/mol. The van der Waals surface area contributed by atoms with Crippen molar-refractivity contribution in [2.75, 3.05) is 0 Å². The molecule has 340 valence electrons. The summed E-state index contributed by atoms with van der Waals surface area (Å²) in [4.78, 5) is 0. The Kier molecular flexibility index (Phi) is 13.8. The molecule has 0 fully saturated rings. The van der Waals surface area contributed by atoms with Crippen molar-refractivity contribution < 1.29 is 0 Å². The molecule has 0 bridgehead atoms. The highest BCUT2D eigenvalue weighted by molar-refractivity contribution is 6.05. The molecule has 2 atom stereocenters. The molecule has 1 heteroatoms. The molecule has 0 radical (unpaired) electrons. The topological polar surface area (TPSA) is 12.0 Å². The van der Waals surface area contributed by atoms with Gasteiger partial charge in [0.25, 0.3) is 0 Å². The van der Waals surface area contributed by atoms with E-state index in [1.54, 1.807) is 5.57 Å². The average Bonchev–Trinajstić information content (AvgIpc) is 3.37. The highest BCUT2D eigenvalue weighted by Crippen LogP contribution is 2.43. The molecule has 0 aliphatic heterocycles. The first-order valence-corrected chi connectivity index (χ1v) is 26.1. The zero-order chi connectivity index (χ0) is 45.7. The summed E-state index contributed by atoms with van der Waals surface area (Å²) in [7, 11) is 0. The van der Waals surface area contributed by atoms with Crippen LogP contribution >= 0.6 is 0 Å². The minimum Gasteiger partial charge on any atom is -0.382 e. The summed E-state index contributed by atoms with van der Waals surface area (Å²) in [5, 5.41) is 15.6. The fourth-order valence-electron chi connectivity index (χ4n) is 12.3. The van der Waals surface area contributed by atoms with Crippen molar-refractivity contribution in [3.63, 3.8) is 0 Å². The van der Waals surface area contributed by atoms with Crippen LogP contribution in [0.1, 0.15) is 153 Å². The van der Waals surface area contributed by atoms with Gasteiger partial charge in [-0.1, -0.05) is 159 Å². The van der Waals surface area contributed by atoms with Gasteiger partial charge in [-0.25, -0.2) is 0 Å². The SMILES string of the molecule is C/C=C\C=C/CC[C@H](NC1=C(C)C=CCC1)C1=CC=C2C=C(c3c4c(c(C5=CC=C(c6c7c(c(/C(=C/C)CCCC)c8ccccc68)=CCCC=7)CC5)c5ccccc35)=CCCC=4)CCC2C1. The van der Waals surface area contributed by atoms with Crippen LogP contribution in [0.3, 0.4) is 0 Å². The van der Waals surface area contributed by atoms with Crippen LogP contribution in [0.5, 0.6) is 0 Å². The van der Waals surface area contributed by atoms with Gasteiger partial charge in [0, 0.05) is 11.7 Å². The van der Waals surface area contributed by atoms with Gasteiger partial charge >= 0.3 is 0 Å². The van der Waals surface area contributed by atoms with E-state index in [1.807, 2.05) is 0 Å². The lowest BCUT2D eigenvalue weighted by atomic mass is 9.74. The Hall–Kier alpha value is -5.92. The molecule has 6 aliphatic rings. The van der Waals surface area contributed by atoms with Crippen molar-refractivity contribution in [3.05, 3.63) is 187 Å². The van der Waals surface area contributed by atoms with E-state index in [2.05, 4.69) is 179 Å². The van der Waals surface area contributed by atoms with Crippen molar-refractivity contribution in [2.24, 2.45) is 5.92 Å². The van der Waals surface area contributed by atoms with Crippen molar-refractivity contribution in [1.29, 1.82) is 0 Å². The number of benzene rings is 4. The zero-order valence-electron chi connectivity index (χ0n) is 40.8. The molecule has 4 aromatic rings. The molecule has 4 aromatic carbocycles. The summed E-state index contributed by atoms with van der Waals surface area (Å²) in [6, 6.07) is 19.0. The zero-order valence-corrected chi connectivity index (χ0v) is 40.8. The Morgan fingerprint density at radius 3 is 1.94 bits per heavy atom. The molecule has 0 aromatic heterocycles. The Morgan fingerprint density at radius 1 is 0.687 bits per heavy atom. The Morgan fingerprint density at radius 2 is 1.31 bits per heavy atom. The molecule has 0 amide bonds. The third-order valence-electron chi connectivity index (χ3n) is 15.7. The largest absolute Gasteiger partial charge is 0.382 e. The second-order valence-corrected chi connectivity index (χ2v) is 19.9. The van der Waals surface area contributed by atoms with Crippen LogP contribution in [0.4, 0.5) is 0 Å². The minimum atomic E-state index is 0.359. The Bertz CT molecular complexity index is 3190. The fraction of sp³-hybridized carbons (Fsp3) is 0.333. The molecule has 1 N–H and O–H groups in total. The summed E-state index contributed by atoms with van der Waals surface area (Å²) in [6.07, 6.45) is 56.6. The first-order chi connectivity index (χ1) is 33.1. The lowest BCUT2D eigenvalue weighted by molar-refractivity contribution is 0.495. The number of rotatable bonds is 14. The van der Waals surface area contributed by atoms with Crippen molar-refractivity contribution in [1.82, 2.24) is 5.32 Å². The van der Waals surface area contributed by atoms with E-state index in [9.17, 15) is 0 Å². The van der Waals surface area contributed by atoms with Crippen LogP contribution in [0.25, 0.3) is 68.1 Å². The van der Waals surface area contributed by atoms with Crippen LogP contribution in [-0.2, 0) is 0 Å². The van der Waals surface area contributed by atoms with Gasteiger partial charge in [-0.15, -0.1) is 0 Å². The number of hydrogen-bond donors (Lipinski definition) is 1. The second kappa shape index (κ2) is 20.5. The van der Waals surface area contributed by atoms with E-state index in [-0.39, 0.29) is 0 Å². The maximum Gasteiger partial charge on any atom is 0.0477 e. The van der Waals surface area contributed by atoms with Crippen molar-refractivity contribution in [3.8, 4) is 0 Å². The quantitative estimate of drug-likeness (QED) is 0.124. The lowest BCUT2D eigenvalue weighted by Gasteiger charge is -2.33. The van der Waals surface area contributed by atoms with Crippen molar-refractivity contribution in [2.45, 2.75) is 136 Å². The number of unbranched alkanes of at least 4 members (excludes halogenated alkanes) is 1. The van der Waals surface area contributed by atoms with E-state index in [0.29, 0.717) is 12.0 Å². The molecule has 0 heterocycles. The normalized spacial score (nSPS) is 19.9. The van der Waals surface area contributed by atoms with E-state index < -0.39 is 0 Å². The first kappa shape index (κ1) is 44.9. The highest BCUT2D eigenvalue weighted by atomic mass is 14.9. The number of nitrogens with one attached hydrogen (secondary N) is 1. The molecule has 67 heavy (non-hydrogen) atoms. The molecule has 10 rings (SSSR count). The van der Waals surface area contributed by atoms with Crippen LogP contribution in [0, 0.1) is 5.92 Å². The van der Waals surface area contributed by atoms with Crippen LogP contribution in [0.15, 0.2) is 144 Å². The summed E-state index contributed by atoms with van der Waals surface area (Å²) in [6.45, 7) is 8.91. The molecule has 1 unspecified atom stereocenters. The van der Waals surface area contributed by atoms with E-state index in [1.165, 1.54) is 123 Å². The maximum atomic E-state index is 4.07. The summed E-state index contributed by atoms with van der Waals surface area (Å²) in [5.74, 6) is 0.568. The summed E-state index contributed by atoms with van der Waals surface area (Å²) < 4.78 is 0. The predicted octanol–water partition coefficient (Wildman–Crippen LogP) is 15.1. The van der Waals surface area contributed by atoms with Gasteiger partial charge < -0.3 is 5.32 Å². The van der Waals surface area contributed by atoms with Gasteiger partial charge in [-0.05, 0) is 227 Å². The van der Waals surface area contributed by atoms with Gasteiger partial charge in [0.1, 0.15) is 0 Å². The molecule has 1 nitrogen and oxygen atoms in total. The van der Waals surface area contributed by atoms with Gasteiger partial charge in [-0.2, -0.15) is 0 Å². The number of fused-ring (bicyclic) bond motifs is 5. The van der Waals surface area contributed by atoms with Crippen LogP contribution < -0.4 is 26.2 Å². The standard InChI is InChI=1S/C66H71N/c1-5-8-10-11-12-34-62(67-61-33-22-13-23-45(61)4)51-41-39-50-44-52(42-40-49(50)43-51)66-59-31-20-18-29-57(59)65(58-30-19-21-32-60(58)66)48-37-35-47(36-38-48)64-55-27-16-14-25-53(55)63(46(7-3)24-9-6-2)54-26-15-17-28-56(54)64/h5,7-8,10-11,13-14,16,18,20,23,25-32,35,37,39,41,44,49,62,67H,6,9,12,15,17,19,21-22,24,33-34,36,38,40,42-43H2,1-4H3/b8-5-,11-10-,46-7+/t49?,62-/m0/s1. The lowest BCUT2D eigenvalue weighted by Crippen LogP contribution is -2.35. The van der Waals surface area contributed by atoms with Gasteiger partial charge in [0.05, 0.1) is 0 Å². The van der Waals surface area contributed by atoms with E-state index >= 15 is 0 Å². The molecular weight excluding hydrogens is 807 g/mol. The molecule has 6 aliphatic carbocycles. The summed E-state index contributed by atoms with van der Waals surface area (Å²) in [5.41, 5.74) is 17.8. The molecule has 0 saturated carbocycles. The van der Waals surface area contributed by atoms with E-state index in [4.69, 9.17) is 0 Å². The second-order valence-electron chi connectivity index (χ2n) is 19.9. The van der Waals surface area contributed by atoms with Gasteiger partial charge in [0.15, 0.2) is 0 Å². The first-order valence-electron chi connectivity index (χ1n) is 26.1. The molecule has 0 spiro atoms. The smallest absolute Gasteiger partial charge is 0.0477 e. The third kappa shape index (κ3) is 9.00. The molecule has 0 saturated heterocycles. The Labute approximate surface area is 400 Å². The average molecular weight is 878 g/mol. The minimum absolute atomic E-state index is 0.359. The fourth-order valence-corrected chi connectivity index (χ4v) is 12.3. The van der Waals surface area contributed by atoms with Gasteiger partial charge in [-0.3, -0.25) is 0 Å². The van der Waals surface area contributed by atoms with Crippen LogP contribution in [-0.4, -0.2) is 6.04 Å². The van der Waals surface area contributed by atoms with Crippen molar-refractivity contribution >= 4 is 68.1 Å².